The van der Waals surface area contributed by atoms with Gasteiger partial charge in [-0.25, -0.2) is 0 Å². The second kappa shape index (κ2) is 5.53. The van der Waals surface area contributed by atoms with Gasteiger partial charge in [0.1, 0.15) is 6.04 Å². The van der Waals surface area contributed by atoms with Crippen molar-refractivity contribution < 1.29 is 9.53 Å². The molecule has 0 fully saturated rings. The van der Waals surface area contributed by atoms with E-state index < -0.39 is 0 Å². The lowest BCUT2D eigenvalue weighted by Gasteiger charge is -2.19. The van der Waals surface area contributed by atoms with Gasteiger partial charge in [0.15, 0.2) is 0 Å². The van der Waals surface area contributed by atoms with Gasteiger partial charge in [-0.2, -0.15) is 0 Å². The van der Waals surface area contributed by atoms with Crippen molar-refractivity contribution in [3.05, 3.63) is 34.9 Å². The molecular formula is C15H21NO2. The Hall–Kier alpha value is -1.35. The first kappa shape index (κ1) is 13.1. The van der Waals surface area contributed by atoms with Gasteiger partial charge >= 0.3 is 5.97 Å². The first-order valence-corrected chi connectivity index (χ1v) is 6.57. The number of carbonyl (C=O) groups excluding carboxylic acids is 1. The van der Waals surface area contributed by atoms with Crippen LogP contribution in [0, 0.1) is 0 Å². The van der Waals surface area contributed by atoms with Gasteiger partial charge in [0, 0.05) is 6.04 Å². The molecule has 3 heteroatoms. The molecule has 0 heterocycles. The number of hydrogen-bond acceptors (Lipinski definition) is 3. The minimum atomic E-state index is -0.279. The molecule has 18 heavy (non-hydrogen) atoms. The van der Waals surface area contributed by atoms with Gasteiger partial charge in [0.05, 0.1) is 7.11 Å². The second-order valence-corrected chi connectivity index (χ2v) is 5.01. The third-order valence-electron chi connectivity index (χ3n) is 3.68. The van der Waals surface area contributed by atoms with Gasteiger partial charge in [-0.15, -0.1) is 0 Å². The van der Waals surface area contributed by atoms with Crippen LogP contribution in [0.1, 0.15) is 43.0 Å². The molecule has 0 aliphatic heterocycles. The van der Waals surface area contributed by atoms with Crippen LogP contribution < -0.4 is 5.32 Å². The van der Waals surface area contributed by atoms with Crippen molar-refractivity contribution in [1.29, 1.82) is 0 Å². The lowest BCUT2D eigenvalue weighted by atomic mass is 10.0. The molecular weight excluding hydrogens is 226 g/mol. The molecule has 0 aromatic heterocycles. The Morgan fingerprint density at radius 2 is 2.00 bits per heavy atom. The molecule has 0 spiro atoms. The Balaban J connectivity index is 2.05. The number of methoxy groups -OCH3 is 1. The van der Waals surface area contributed by atoms with E-state index in [0.29, 0.717) is 0 Å². The third kappa shape index (κ3) is 2.72. The SMILES string of the molecule is COC(=O)[C@H](C)NC(C)c1ccc2c(c1)CCC2. The molecule has 0 saturated heterocycles. The lowest BCUT2D eigenvalue weighted by molar-refractivity contribution is -0.142. The van der Waals surface area contributed by atoms with Gasteiger partial charge in [0.2, 0.25) is 0 Å². The van der Waals surface area contributed by atoms with E-state index in [1.165, 1.54) is 43.1 Å². The molecule has 1 aliphatic carbocycles. The Kier molecular flexibility index (Phi) is 4.02. The van der Waals surface area contributed by atoms with E-state index in [-0.39, 0.29) is 18.1 Å². The average molecular weight is 247 g/mol. The molecule has 0 amide bonds. The van der Waals surface area contributed by atoms with Crippen molar-refractivity contribution in [2.75, 3.05) is 7.11 Å². The number of esters is 1. The molecule has 1 unspecified atom stereocenters. The third-order valence-corrected chi connectivity index (χ3v) is 3.68. The van der Waals surface area contributed by atoms with Gasteiger partial charge in [-0.1, -0.05) is 18.2 Å². The lowest BCUT2D eigenvalue weighted by Crippen LogP contribution is -2.36. The van der Waals surface area contributed by atoms with Gasteiger partial charge in [-0.05, 0) is 49.8 Å². The molecule has 0 saturated carbocycles. The quantitative estimate of drug-likeness (QED) is 0.830. The smallest absolute Gasteiger partial charge is 0.322 e. The minimum Gasteiger partial charge on any atom is -0.468 e. The molecule has 1 aliphatic rings. The van der Waals surface area contributed by atoms with Crippen molar-refractivity contribution in [2.24, 2.45) is 0 Å². The average Bonchev–Trinajstić information content (AvgIpc) is 2.84. The molecule has 0 radical (unpaired) electrons. The topological polar surface area (TPSA) is 38.3 Å². The highest BCUT2D eigenvalue weighted by Crippen LogP contribution is 2.25. The maximum Gasteiger partial charge on any atom is 0.322 e. The van der Waals surface area contributed by atoms with Crippen LogP contribution in [0.3, 0.4) is 0 Å². The van der Waals surface area contributed by atoms with Crippen LogP contribution in [-0.2, 0) is 22.4 Å². The van der Waals surface area contributed by atoms with Crippen LogP contribution in [0.25, 0.3) is 0 Å². The predicted molar refractivity (Wildman–Crippen MR) is 71.5 cm³/mol. The van der Waals surface area contributed by atoms with Crippen molar-refractivity contribution in [3.63, 3.8) is 0 Å². The number of hydrogen-bond donors (Lipinski definition) is 1. The first-order valence-electron chi connectivity index (χ1n) is 6.57. The summed E-state index contributed by atoms with van der Waals surface area (Å²) in [5.41, 5.74) is 4.19. The largest absolute Gasteiger partial charge is 0.468 e. The van der Waals surface area contributed by atoms with Gasteiger partial charge in [0.25, 0.3) is 0 Å². The molecule has 98 valence electrons. The fourth-order valence-corrected chi connectivity index (χ4v) is 2.58. The summed E-state index contributed by atoms with van der Waals surface area (Å²) in [6.45, 7) is 3.91. The molecule has 2 atom stereocenters. The highest BCUT2D eigenvalue weighted by Gasteiger charge is 2.18. The molecule has 2 rings (SSSR count). The Labute approximate surface area is 109 Å². The summed E-state index contributed by atoms with van der Waals surface area (Å²) in [5, 5.41) is 3.26. The molecule has 1 N–H and O–H groups in total. The second-order valence-electron chi connectivity index (χ2n) is 5.01. The van der Waals surface area contributed by atoms with Crippen LogP contribution in [0.2, 0.25) is 0 Å². The summed E-state index contributed by atoms with van der Waals surface area (Å²) < 4.78 is 4.72. The van der Waals surface area contributed by atoms with Crippen LogP contribution >= 0.6 is 0 Å². The molecule has 1 aromatic carbocycles. The summed E-state index contributed by atoms with van der Waals surface area (Å²) in [5.74, 6) is -0.219. The van der Waals surface area contributed by atoms with Crippen LogP contribution in [0.4, 0.5) is 0 Å². The van der Waals surface area contributed by atoms with Crippen molar-refractivity contribution in [1.82, 2.24) is 5.32 Å². The number of rotatable bonds is 4. The first-order chi connectivity index (χ1) is 8.61. The Morgan fingerprint density at radius 1 is 1.28 bits per heavy atom. The van der Waals surface area contributed by atoms with E-state index in [0.717, 1.165) is 0 Å². The zero-order chi connectivity index (χ0) is 13.1. The van der Waals surface area contributed by atoms with Gasteiger partial charge < -0.3 is 4.74 Å². The minimum absolute atomic E-state index is 0.157. The van der Waals surface area contributed by atoms with E-state index in [2.05, 4.69) is 30.4 Å². The number of benzene rings is 1. The van der Waals surface area contributed by atoms with Crippen molar-refractivity contribution >= 4 is 5.97 Å². The zero-order valence-electron chi connectivity index (χ0n) is 11.3. The van der Waals surface area contributed by atoms with E-state index >= 15 is 0 Å². The summed E-state index contributed by atoms with van der Waals surface area (Å²) in [6.07, 6.45) is 3.65. The van der Waals surface area contributed by atoms with Crippen LogP contribution in [-0.4, -0.2) is 19.1 Å². The summed E-state index contributed by atoms with van der Waals surface area (Å²) in [4.78, 5) is 11.4. The normalized spacial score (nSPS) is 17.1. The van der Waals surface area contributed by atoms with E-state index in [4.69, 9.17) is 4.74 Å². The fraction of sp³-hybridized carbons (Fsp3) is 0.533. The molecule has 3 nitrogen and oxygen atoms in total. The zero-order valence-corrected chi connectivity index (χ0v) is 11.3. The number of aryl methyl sites for hydroxylation is 2. The Morgan fingerprint density at radius 3 is 2.72 bits per heavy atom. The van der Waals surface area contributed by atoms with Gasteiger partial charge in [-0.3, -0.25) is 10.1 Å². The van der Waals surface area contributed by atoms with Crippen LogP contribution in [0.15, 0.2) is 18.2 Å². The predicted octanol–water partition coefficient (Wildman–Crippen LogP) is 2.39. The summed E-state index contributed by atoms with van der Waals surface area (Å²) >= 11 is 0. The molecule has 0 bridgehead atoms. The highest BCUT2D eigenvalue weighted by molar-refractivity contribution is 5.75. The Bertz CT molecular complexity index is 442. The maximum atomic E-state index is 11.4. The summed E-state index contributed by atoms with van der Waals surface area (Å²) in [6, 6.07) is 6.53. The van der Waals surface area contributed by atoms with E-state index in [1.54, 1.807) is 0 Å². The highest BCUT2D eigenvalue weighted by atomic mass is 16.5. The number of ether oxygens (including phenoxy) is 1. The summed E-state index contributed by atoms with van der Waals surface area (Å²) in [7, 11) is 1.42. The number of fused-ring (bicyclic) bond motifs is 1. The number of carbonyl (C=O) groups is 1. The van der Waals surface area contributed by atoms with E-state index in [9.17, 15) is 4.79 Å². The monoisotopic (exact) mass is 247 g/mol. The fourth-order valence-electron chi connectivity index (χ4n) is 2.58. The van der Waals surface area contributed by atoms with Crippen molar-refractivity contribution in [3.8, 4) is 0 Å². The standard InChI is InChI=1S/C15H21NO2/c1-10(16-11(2)15(17)18-3)13-8-7-12-5-4-6-14(12)9-13/h7-11,16H,4-6H2,1-3H3/t10?,11-/m0/s1. The van der Waals surface area contributed by atoms with E-state index in [1.807, 2.05) is 6.92 Å². The van der Waals surface area contributed by atoms with Crippen molar-refractivity contribution in [2.45, 2.75) is 45.2 Å². The molecule has 1 aromatic rings. The maximum absolute atomic E-state index is 11.4. The number of nitrogens with one attached hydrogen (secondary N) is 1. The van der Waals surface area contributed by atoms with Crippen LogP contribution in [0.5, 0.6) is 0 Å².